The van der Waals surface area contributed by atoms with Crippen LogP contribution in [0.15, 0.2) is 138 Å². The third-order valence-electron chi connectivity index (χ3n) is 14.9. The molecule has 8 aromatic rings. The Morgan fingerprint density at radius 2 is 0.797 bits per heavy atom. The van der Waals surface area contributed by atoms with Crippen LogP contribution in [-0.2, 0) is 41.6 Å². The zero-order valence-corrected chi connectivity index (χ0v) is 40.7. The molecule has 0 spiro atoms. The van der Waals surface area contributed by atoms with Crippen molar-refractivity contribution < 1.29 is 32.8 Å². The zero-order valence-electron chi connectivity index (χ0n) is 40.7. The van der Waals surface area contributed by atoms with E-state index in [2.05, 4.69) is 147 Å². The van der Waals surface area contributed by atoms with E-state index in [1.54, 1.807) is 0 Å². The van der Waals surface area contributed by atoms with Gasteiger partial charge in [-0.15, -0.1) is 0 Å². The molecular formula is C62H68O7. The highest BCUT2D eigenvalue weighted by Crippen LogP contribution is 2.44. The minimum Gasteiger partial charge on any atom is -0.456 e. The van der Waals surface area contributed by atoms with Gasteiger partial charge in [0.15, 0.2) is 0 Å². The van der Waals surface area contributed by atoms with Crippen LogP contribution >= 0.6 is 0 Å². The minimum absolute atomic E-state index is 0.257. The van der Waals surface area contributed by atoms with E-state index in [1.165, 1.54) is 54.9 Å². The highest BCUT2D eigenvalue weighted by atomic mass is 16.5. The fraction of sp³-hybridized carbons (Fsp3) is 0.387. The quantitative estimate of drug-likeness (QED) is 0.0418. The highest BCUT2D eigenvalue weighted by molar-refractivity contribution is 6.21. The van der Waals surface area contributed by atoms with Crippen LogP contribution in [0.1, 0.15) is 76.3 Å². The van der Waals surface area contributed by atoms with Crippen LogP contribution in [0.3, 0.4) is 0 Å². The Labute approximate surface area is 408 Å². The van der Waals surface area contributed by atoms with Gasteiger partial charge in [0, 0.05) is 48.0 Å². The molecule has 7 nitrogen and oxygen atoms in total. The second kappa shape index (κ2) is 22.1. The fourth-order valence-electron chi connectivity index (χ4n) is 10.1. The van der Waals surface area contributed by atoms with Crippen molar-refractivity contribution in [2.75, 3.05) is 66.1 Å². The molecule has 0 saturated carbocycles. The molecule has 0 radical (unpaired) electrons. The van der Waals surface area contributed by atoms with Crippen molar-refractivity contribution in [1.82, 2.24) is 0 Å². The van der Waals surface area contributed by atoms with Crippen LogP contribution in [0.4, 0.5) is 0 Å². The Hall–Kier alpha value is -5.38. The normalized spacial score (nSPS) is 15.3. The monoisotopic (exact) mass is 924 g/mol. The van der Waals surface area contributed by atoms with E-state index >= 15 is 0 Å². The first-order valence-corrected chi connectivity index (χ1v) is 25.6. The lowest BCUT2D eigenvalue weighted by Crippen LogP contribution is -2.45. The van der Waals surface area contributed by atoms with Crippen LogP contribution in [0.5, 0.6) is 0 Å². The Kier molecular flexibility index (Phi) is 15.2. The molecule has 2 aliphatic rings. The molecule has 0 aliphatic carbocycles. The van der Waals surface area contributed by atoms with Gasteiger partial charge >= 0.3 is 0 Å². The first-order valence-electron chi connectivity index (χ1n) is 25.6. The standard InChI is InChI=1S/C62H68O7/c1-3-61(41-67-42-61)39-65-33-13-5-11-31-63-37-45-19-22-48(23-20-45)59-51-15-7-9-17-53(51)60(54-18-10-8-16-52(54)59)49-26-24-47(25-27-49)50-28-30-58-56(36-50)55-35-46(21-29-57(55)69-58)38-64-32-12-6-14-34-66-40-62(4-2)43-68-44-62/h7-10,15-30,35-36H,3-6,11-14,31-34,37-44H2,1-2H3. The van der Waals surface area contributed by atoms with Crippen LogP contribution in [0.25, 0.3) is 76.9 Å². The lowest BCUT2D eigenvalue weighted by atomic mass is 9.84. The molecule has 69 heavy (non-hydrogen) atoms. The van der Waals surface area contributed by atoms with Crippen LogP contribution in [-0.4, -0.2) is 66.1 Å². The summed E-state index contributed by atoms with van der Waals surface area (Å²) in [7, 11) is 0. The SMILES string of the molecule is CCC1(COCCCCCOCc2ccc(-c3c4ccccc4c(-c4ccc(-c5ccc6oc7ccc(COCCCCCOCC8(CC)COC8)cc7c6c5)cc4)c4ccccc34)cc2)COC1. The molecule has 2 saturated heterocycles. The summed E-state index contributed by atoms with van der Waals surface area (Å²) in [6.07, 6.45) is 8.66. The molecule has 7 aromatic carbocycles. The van der Waals surface area contributed by atoms with E-state index in [-0.39, 0.29) is 10.8 Å². The maximum Gasteiger partial charge on any atom is 0.135 e. The molecule has 0 bridgehead atoms. The minimum atomic E-state index is 0.257. The van der Waals surface area contributed by atoms with E-state index in [9.17, 15) is 0 Å². The number of unbranched alkanes of at least 4 members (excludes halogenated alkanes) is 4. The number of hydrogen-bond acceptors (Lipinski definition) is 7. The molecule has 0 unspecified atom stereocenters. The fourth-order valence-corrected chi connectivity index (χ4v) is 10.1. The first kappa shape index (κ1) is 47.3. The van der Waals surface area contributed by atoms with E-state index in [0.29, 0.717) is 13.2 Å². The third kappa shape index (κ3) is 10.7. The van der Waals surface area contributed by atoms with E-state index in [1.807, 2.05) is 0 Å². The molecule has 2 fully saturated rings. The number of hydrogen-bond donors (Lipinski definition) is 0. The zero-order chi connectivity index (χ0) is 46.9. The Balaban J connectivity index is 0.778. The van der Waals surface area contributed by atoms with Gasteiger partial charge in [0.05, 0.1) is 52.9 Å². The first-order chi connectivity index (χ1) is 34.0. The molecule has 10 rings (SSSR count). The Morgan fingerprint density at radius 1 is 0.391 bits per heavy atom. The number of benzene rings is 7. The molecule has 7 heteroatoms. The highest BCUT2D eigenvalue weighted by Gasteiger charge is 2.37. The van der Waals surface area contributed by atoms with E-state index < -0.39 is 0 Å². The summed E-state index contributed by atoms with van der Waals surface area (Å²) in [5.74, 6) is 0. The smallest absolute Gasteiger partial charge is 0.135 e. The van der Waals surface area contributed by atoms with Gasteiger partial charge in [0.25, 0.3) is 0 Å². The van der Waals surface area contributed by atoms with Crippen molar-refractivity contribution in [3.63, 3.8) is 0 Å². The third-order valence-corrected chi connectivity index (χ3v) is 14.9. The van der Waals surface area contributed by atoms with Crippen molar-refractivity contribution >= 4 is 43.5 Å². The predicted molar refractivity (Wildman–Crippen MR) is 281 cm³/mol. The van der Waals surface area contributed by atoms with E-state index in [4.69, 9.17) is 32.8 Å². The summed E-state index contributed by atoms with van der Waals surface area (Å²) >= 11 is 0. The number of ether oxygens (including phenoxy) is 6. The molecule has 0 atom stereocenters. The molecule has 1 aromatic heterocycles. The predicted octanol–water partition coefficient (Wildman–Crippen LogP) is 15.2. The lowest BCUT2D eigenvalue weighted by molar-refractivity contribution is -0.150. The lowest BCUT2D eigenvalue weighted by Gasteiger charge is -2.40. The van der Waals surface area contributed by atoms with Gasteiger partial charge in [0.2, 0.25) is 0 Å². The molecule has 358 valence electrons. The van der Waals surface area contributed by atoms with Gasteiger partial charge < -0.3 is 32.8 Å². The summed E-state index contributed by atoms with van der Waals surface area (Å²) < 4.78 is 41.3. The van der Waals surface area contributed by atoms with Crippen molar-refractivity contribution in [2.45, 2.75) is 78.4 Å². The van der Waals surface area contributed by atoms with Gasteiger partial charge in [-0.2, -0.15) is 0 Å². The average molecular weight is 925 g/mol. The molecular weight excluding hydrogens is 857 g/mol. The van der Waals surface area contributed by atoms with Crippen molar-refractivity contribution in [3.8, 4) is 33.4 Å². The number of furan rings is 1. The summed E-state index contributed by atoms with van der Waals surface area (Å²) in [5.41, 5.74) is 11.9. The largest absolute Gasteiger partial charge is 0.456 e. The topological polar surface area (TPSA) is 68.5 Å². The summed E-state index contributed by atoms with van der Waals surface area (Å²) in [4.78, 5) is 0. The van der Waals surface area contributed by atoms with Crippen molar-refractivity contribution in [2.24, 2.45) is 10.8 Å². The summed E-state index contributed by atoms with van der Waals surface area (Å²) in [6.45, 7) is 13.8. The molecule has 0 N–H and O–H groups in total. The van der Waals surface area contributed by atoms with Gasteiger partial charge in [-0.1, -0.05) is 123 Å². The maximum absolute atomic E-state index is 6.31. The molecule has 0 amide bonds. The summed E-state index contributed by atoms with van der Waals surface area (Å²) in [6, 6.07) is 48.8. The summed E-state index contributed by atoms with van der Waals surface area (Å²) in [5, 5.41) is 7.22. The van der Waals surface area contributed by atoms with Gasteiger partial charge in [-0.05, 0) is 142 Å². The maximum atomic E-state index is 6.31. The van der Waals surface area contributed by atoms with E-state index in [0.717, 1.165) is 151 Å². The Bertz CT molecular complexity index is 2870. The Morgan fingerprint density at radius 3 is 1.28 bits per heavy atom. The average Bonchev–Trinajstić information content (AvgIpc) is 3.73. The van der Waals surface area contributed by atoms with Crippen LogP contribution < -0.4 is 0 Å². The van der Waals surface area contributed by atoms with Crippen LogP contribution in [0.2, 0.25) is 0 Å². The second-order valence-corrected chi connectivity index (χ2v) is 19.8. The van der Waals surface area contributed by atoms with Gasteiger partial charge in [-0.25, -0.2) is 0 Å². The molecule has 3 heterocycles. The van der Waals surface area contributed by atoms with Gasteiger partial charge in [-0.3, -0.25) is 0 Å². The van der Waals surface area contributed by atoms with Crippen molar-refractivity contribution in [1.29, 1.82) is 0 Å². The van der Waals surface area contributed by atoms with Gasteiger partial charge in [0.1, 0.15) is 11.2 Å². The number of fused-ring (bicyclic) bond motifs is 5. The number of rotatable bonds is 25. The second-order valence-electron chi connectivity index (χ2n) is 19.8. The van der Waals surface area contributed by atoms with Crippen molar-refractivity contribution in [3.05, 3.63) is 145 Å². The molecule has 2 aliphatic heterocycles. The van der Waals surface area contributed by atoms with Crippen LogP contribution in [0, 0.1) is 10.8 Å².